The second-order valence-electron chi connectivity index (χ2n) is 5.03. The van der Waals surface area contributed by atoms with Crippen LogP contribution in [0, 0.1) is 7.14 Å². The molecule has 1 fully saturated rings. The molecule has 0 saturated carbocycles. The molecule has 2 heterocycles. The second kappa shape index (κ2) is 9.98. The highest BCUT2D eigenvalue weighted by molar-refractivity contribution is 14.1. The highest BCUT2D eigenvalue weighted by Gasteiger charge is 2.27. The molecule has 0 amide bonds. The predicted molar refractivity (Wildman–Crippen MR) is 119 cm³/mol. The molecular formula is C15H18Cl2I2N2OS. The molecule has 3 nitrogen and oxygen atoms in total. The Hall–Kier alpha value is 0.680. The van der Waals surface area contributed by atoms with E-state index >= 15 is 0 Å². The Morgan fingerprint density at radius 3 is 2.48 bits per heavy atom. The lowest BCUT2D eigenvalue weighted by Crippen LogP contribution is -2.45. The molecule has 0 spiro atoms. The van der Waals surface area contributed by atoms with Crippen LogP contribution in [-0.2, 0) is 0 Å². The van der Waals surface area contributed by atoms with Crippen molar-refractivity contribution in [2.24, 2.45) is 0 Å². The van der Waals surface area contributed by atoms with Crippen molar-refractivity contribution in [1.29, 1.82) is 0 Å². The number of hydrogen-bond acceptors (Lipinski definition) is 4. The molecule has 1 aromatic carbocycles. The minimum absolute atomic E-state index is 0. The zero-order valence-electron chi connectivity index (χ0n) is 12.2. The molecule has 128 valence electrons. The van der Waals surface area contributed by atoms with Gasteiger partial charge in [-0.15, -0.1) is 36.2 Å². The molecule has 23 heavy (non-hydrogen) atoms. The molecule has 1 atom stereocenters. The van der Waals surface area contributed by atoms with E-state index in [1.54, 1.807) is 11.3 Å². The molecule has 1 aliphatic heterocycles. The summed E-state index contributed by atoms with van der Waals surface area (Å²) >= 11 is 6.30. The molecule has 8 heteroatoms. The van der Waals surface area contributed by atoms with Crippen LogP contribution in [0.5, 0.6) is 5.75 Å². The van der Waals surface area contributed by atoms with Gasteiger partial charge >= 0.3 is 0 Å². The minimum Gasteiger partial charge on any atom is -0.506 e. The zero-order valence-corrected chi connectivity index (χ0v) is 18.9. The summed E-state index contributed by atoms with van der Waals surface area (Å²) in [4.78, 5) is 3.76. The lowest BCUT2D eigenvalue weighted by atomic mass is 10.0. The van der Waals surface area contributed by atoms with E-state index in [-0.39, 0.29) is 30.9 Å². The lowest BCUT2D eigenvalue weighted by Gasteiger charge is -2.35. The Morgan fingerprint density at radius 1 is 1.17 bits per heavy atom. The summed E-state index contributed by atoms with van der Waals surface area (Å²) in [6.07, 6.45) is 0. The van der Waals surface area contributed by atoms with Crippen LogP contribution in [0.25, 0.3) is 0 Å². The number of nitrogens with zero attached hydrogens (tertiary/aromatic N) is 1. The topological polar surface area (TPSA) is 35.5 Å². The van der Waals surface area contributed by atoms with Crippen LogP contribution >= 0.6 is 81.3 Å². The predicted octanol–water partition coefficient (Wildman–Crippen LogP) is 4.50. The standard InChI is InChI=1S/C15H16I2N2OS.2ClH/c16-10-8-11(15(20)12(17)9-10)14(13-2-1-7-21-13)19-5-3-18-4-6-19;;/h1-2,7-9,14,18,20H,3-6H2;2*1H/t14-;;/m1../s1. The van der Waals surface area contributed by atoms with Gasteiger partial charge in [0.1, 0.15) is 5.75 Å². The fourth-order valence-corrected chi connectivity index (χ4v) is 5.48. The SMILES string of the molecule is Cl.Cl.Oc1c(I)cc(I)cc1[C@H](c1cccs1)N1CCNCC1. The van der Waals surface area contributed by atoms with Gasteiger partial charge in [0.25, 0.3) is 0 Å². The smallest absolute Gasteiger partial charge is 0.134 e. The van der Waals surface area contributed by atoms with E-state index in [4.69, 9.17) is 0 Å². The molecule has 1 aliphatic rings. The monoisotopic (exact) mass is 598 g/mol. The normalized spacial score (nSPS) is 16.3. The van der Waals surface area contributed by atoms with E-state index < -0.39 is 0 Å². The Balaban J connectivity index is 0.00000132. The number of hydrogen-bond donors (Lipinski definition) is 2. The van der Waals surface area contributed by atoms with Gasteiger partial charge in [0, 0.05) is 40.2 Å². The van der Waals surface area contributed by atoms with E-state index in [1.807, 2.05) is 6.07 Å². The van der Waals surface area contributed by atoms with Crippen molar-refractivity contribution in [1.82, 2.24) is 10.2 Å². The lowest BCUT2D eigenvalue weighted by molar-refractivity contribution is 0.198. The summed E-state index contributed by atoms with van der Waals surface area (Å²) < 4.78 is 2.09. The summed E-state index contributed by atoms with van der Waals surface area (Å²) in [6, 6.07) is 8.54. The first-order valence-corrected chi connectivity index (χ1v) is 9.86. The van der Waals surface area contributed by atoms with Gasteiger partial charge in [-0.2, -0.15) is 0 Å². The highest BCUT2D eigenvalue weighted by Crippen LogP contribution is 2.39. The van der Waals surface area contributed by atoms with Crippen molar-refractivity contribution in [3.63, 3.8) is 0 Å². The van der Waals surface area contributed by atoms with Crippen molar-refractivity contribution in [2.45, 2.75) is 6.04 Å². The van der Waals surface area contributed by atoms with E-state index in [0.717, 1.165) is 35.3 Å². The van der Waals surface area contributed by atoms with Crippen LogP contribution in [-0.4, -0.2) is 36.2 Å². The largest absolute Gasteiger partial charge is 0.506 e. The van der Waals surface area contributed by atoms with E-state index in [2.05, 4.69) is 79.0 Å². The molecule has 2 aromatic rings. The number of halogens is 4. The van der Waals surface area contributed by atoms with Crippen molar-refractivity contribution in [3.8, 4) is 5.75 Å². The van der Waals surface area contributed by atoms with Crippen molar-refractivity contribution in [2.75, 3.05) is 26.2 Å². The molecule has 1 aromatic heterocycles. The Morgan fingerprint density at radius 2 is 1.87 bits per heavy atom. The number of phenolic OH excluding ortho intramolecular Hbond substituents is 1. The Kier molecular flexibility index (Phi) is 9.43. The number of nitrogens with one attached hydrogen (secondary N) is 1. The molecule has 2 N–H and O–H groups in total. The van der Waals surface area contributed by atoms with Gasteiger partial charge in [0.2, 0.25) is 0 Å². The maximum Gasteiger partial charge on any atom is 0.134 e. The first-order chi connectivity index (χ1) is 10.2. The zero-order chi connectivity index (χ0) is 14.8. The highest BCUT2D eigenvalue weighted by atomic mass is 127. The molecule has 0 aliphatic carbocycles. The first-order valence-electron chi connectivity index (χ1n) is 6.83. The average Bonchev–Trinajstić information content (AvgIpc) is 2.99. The molecule has 0 unspecified atom stereocenters. The minimum atomic E-state index is 0. The van der Waals surface area contributed by atoms with E-state index in [1.165, 1.54) is 8.45 Å². The fourth-order valence-electron chi connectivity index (χ4n) is 2.71. The maximum atomic E-state index is 10.6. The van der Waals surface area contributed by atoms with Gasteiger partial charge in [-0.3, -0.25) is 4.90 Å². The van der Waals surface area contributed by atoms with Gasteiger partial charge < -0.3 is 10.4 Å². The number of rotatable bonds is 3. The van der Waals surface area contributed by atoms with E-state index in [0.29, 0.717) is 5.75 Å². The third-order valence-electron chi connectivity index (χ3n) is 3.68. The number of phenols is 1. The number of thiophene rings is 1. The summed E-state index contributed by atoms with van der Waals surface area (Å²) in [5, 5.41) is 16.1. The Bertz CT molecular complexity index is 622. The van der Waals surface area contributed by atoms with Crippen LogP contribution in [0.4, 0.5) is 0 Å². The second-order valence-corrected chi connectivity index (χ2v) is 8.42. The Labute approximate surface area is 180 Å². The van der Waals surface area contributed by atoms with Crippen LogP contribution in [0.15, 0.2) is 29.6 Å². The summed E-state index contributed by atoms with van der Waals surface area (Å²) in [5.74, 6) is 0.424. The number of aromatic hydroxyl groups is 1. The van der Waals surface area contributed by atoms with Crippen molar-refractivity contribution >= 4 is 81.3 Å². The summed E-state index contributed by atoms with van der Waals surface area (Å²) in [7, 11) is 0. The van der Waals surface area contributed by atoms with Crippen LogP contribution in [0.3, 0.4) is 0 Å². The quantitative estimate of drug-likeness (QED) is 0.511. The van der Waals surface area contributed by atoms with Gasteiger partial charge in [-0.1, -0.05) is 6.07 Å². The van der Waals surface area contributed by atoms with Crippen molar-refractivity contribution in [3.05, 3.63) is 47.2 Å². The van der Waals surface area contributed by atoms with Gasteiger partial charge in [-0.05, 0) is 68.8 Å². The molecule has 0 radical (unpaired) electrons. The molecule has 0 bridgehead atoms. The first kappa shape index (κ1) is 21.7. The third kappa shape index (κ3) is 5.08. The third-order valence-corrected chi connectivity index (χ3v) is 6.05. The number of benzene rings is 1. The van der Waals surface area contributed by atoms with Crippen LogP contribution in [0.2, 0.25) is 0 Å². The summed E-state index contributed by atoms with van der Waals surface area (Å²) in [6.45, 7) is 4.02. The maximum absolute atomic E-state index is 10.6. The van der Waals surface area contributed by atoms with Gasteiger partial charge in [0.05, 0.1) is 9.61 Å². The summed E-state index contributed by atoms with van der Waals surface area (Å²) in [5.41, 5.74) is 1.02. The van der Waals surface area contributed by atoms with E-state index in [9.17, 15) is 5.11 Å². The van der Waals surface area contributed by atoms with Gasteiger partial charge in [-0.25, -0.2) is 0 Å². The van der Waals surface area contributed by atoms with Crippen LogP contribution in [0.1, 0.15) is 16.5 Å². The van der Waals surface area contributed by atoms with Crippen molar-refractivity contribution < 1.29 is 5.11 Å². The van der Waals surface area contributed by atoms with Crippen LogP contribution < -0.4 is 5.32 Å². The molecule has 3 rings (SSSR count). The molecule has 1 saturated heterocycles. The van der Waals surface area contributed by atoms with Gasteiger partial charge in [0.15, 0.2) is 0 Å². The fraction of sp³-hybridized carbons (Fsp3) is 0.333. The molecular weight excluding hydrogens is 581 g/mol. The average molecular weight is 599 g/mol. The number of piperazine rings is 1.